The average molecular weight is 401 g/mol. The molecule has 1 amide bonds. The number of nitrogens with one attached hydrogen (secondary N) is 1. The summed E-state index contributed by atoms with van der Waals surface area (Å²) in [5.41, 5.74) is 5.62. The van der Waals surface area contributed by atoms with Crippen LogP contribution >= 0.6 is 0 Å². The molecule has 4 heteroatoms. The first-order chi connectivity index (χ1) is 14.7. The number of β-amino-alcohol motifs (C(OH)–C–C–N with tert-alkyl or cyclic N) is 1. The Labute approximate surface area is 178 Å². The Hall–Kier alpha value is -2.95. The van der Waals surface area contributed by atoms with Crippen molar-refractivity contribution >= 4 is 5.91 Å². The minimum Gasteiger partial charge on any atom is -0.392 e. The maximum Gasteiger partial charge on any atom is 0.251 e. The molecule has 1 heterocycles. The van der Waals surface area contributed by atoms with Crippen LogP contribution in [-0.4, -0.2) is 41.7 Å². The molecule has 4 rings (SSSR count). The van der Waals surface area contributed by atoms with Crippen molar-refractivity contribution in [2.75, 3.05) is 19.6 Å². The highest BCUT2D eigenvalue weighted by molar-refractivity contribution is 5.94. The van der Waals surface area contributed by atoms with Crippen LogP contribution in [0.4, 0.5) is 0 Å². The number of aliphatic hydroxyl groups is 1. The molecule has 1 aliphatic rings. The zero-order chi connectivity index (χ0) is 20.8. The quantitative estimate of drug-likeness (QED) is 0.633. The molecule has 3 aromatic rings. The van der Waals surface area contributed by atoms with Gasteiger partial charge in [-0.25, -0.2) is 0 Å². The van der Waals surface area contributed by atoms with Gasteiger partial charge < -0.3 is 10.4 Å². The molecule has 154 valence electrons. The van der Waals surface area contributed by atoms with Gasteiger partial charge in [0.25, 0.3) is 5.91 Å². The van der Waals surface area contributed by atoms with Crippen LogP contribution in [0.5, 0.6) is 0 Å². The third-order valence-electron chi connectivity index (χ3n) is 5.70. The summed E-state index contributed by atoms with van der Waals surface area (Å²) in [6.07, 6.45) is 1.13. The van der Waals surface area contributed by atoms with Gasteiger partial charge in [0.1, 0.15) is 0 Å². The first kappa shape index (κ1) is 20.3. The molecule has 1 unspecified atom stereocenters. The molecule has 0 fully saturated rings. The number of hydrogen-bond donors (Lipinski definition) is 2. The Balaban J connectivity index is 1.22. The molecular weight excluding hydrogens is 372 g/mol. The zero-order valence-corrected chi connectivity index (χ0v) is 17.1. The molecule has 0 bridgehead atoms. The summed E-state index contributed by atoms with van der Waals surface area (Å²) in [4.78, 5) is 14.7. The Morgan fingerprint density at radius 3 is 2.33 bits per heavy atom. The van der Waals surface area contributed by atoms with Gasteiger partial charge in [0.15, 0.2) is 0 Å². The van der Waals surface area contributed by atoms with Crippen LogP contribution in [0.3, 0.4) is 0 Å². The number of hydrogen-bond acceptors (Lipinski definition) is 3. The molecule has 30 heavy (non-hydrogen) atoms. The van der Waals surface area contributed by atoms with Gasteiger partial charge in [0.05, 0.1) is 6.10 Å². The van der Waals surface area contributed by atoms with Crippen molar-refractivity contribution in [1.29, 1.82) is 0 Å². The maximum absolute atomic E-state index is 12.4. The van der Waals surface area contributed by atoms with E-state index in [4.69, 9.17) is 0 Å². The number of benzene rings is 3. The van der Waals surface area contributed by atoms with Crippen molar-refractivity contribution in [3.8, 4) is 11.1 Å². The van der Waals surface area contributed by atoms with Gasteiger partial charge in [-0.15, -0.1) is 0 Å². The highest BCUT2D eigenvalue weighted by Crippen LogP contribution is 2.20. The van der Waals surface area contributed by atoms with Crippen molar-refractivity contribution < 1.29 is 9.90 Å². The van der Waals surface area contributed by atoms with E-state index >= 15 is 0 Å². The fourth-order valence-electron chi connectivity index (χ4n) is 4.00. The van der Waals surface area contributed by atoms with Crippen molar-refractivity contribution in [3.63, 3.8) is 0 Å². The second-order valence-electron chi connectivity index (χ2n) is 7.90. The zero-order valence-electron chi connectivity index (χ0n) is 17.1. The topological polar surface area (TPSA) is 52.6 Å². The molecule has 2 N–H and O–H groups in total. The van der Waals surface area contributed by atoms with Crippen LogP contribution in [0.2, 0.25) is 0 Å². The Kier molecular flexibility index (Phi) is 6.57. The summed E-state index contributed by atoms with van der Waals surface area (Å²) in [5.74, 6) is -0.103. The van der Waals surface area contributed by atoms with E-state index in [1.165, 1.54) is 11.1 Å². The first-order valence-electron chi connectivity index (χ1n) is 10.6. The SMILES string of the molecule is O=C(NCCC(O)CN1CCc2ccccc2C1)c1ccc(-c2ccccc2)cc1. The average Bonchev–Trinajstić information content (AvgIpc) is 2.79. The number of nitrogens with zero attached hydrogens (tertiary/aromatic N) is 1. The Bertz CT molecular complexity index is 970. The molecule has 1 atom stereocenters. The normalized spacial score (nSPS) is 14.7. The molecule has 0 saturated carbocycles. The Morgan fingerprint density at radius 1 is 0.900 bits per heavy atom. The largest absolute Gasteiger partial charge is 0.392 e. The summed E-state index contributed by atoms with van der Waals surface area (Å²) in [6.45, 7) is 2.95. The molecule has 0 aliphatic carbocycles. The number of carbonyl (C=O) groups excluding carboxylic acids is 1. The van der Waals surface area contributed by atoms with Crippen LogP contribution in [-0.2, 0) is 13.0 Å². The fourth-order valence-corrected chi connectivity index (χ4v) is 4.00. The smallest absolute Gasteiger partial charge is 0.251 e. The number of aliphatic hydroxyl groups excluding tert-OH is 1. The van der Waals surface area contributed by atoms with Gasteiger partial charge in [0.2, 0.25) is 0 Å². The van der Waals surface area contributed by atoms with E-state index in [2.05, 4.69) is 46.6 Å². The van der Waals surface area contributed by atoms with Crippen LogP contribution in [0.15, 0.2) is 78.9 Å². The van der Waals surface area contributed by atoms with E-state index in [1.54, 1.807) is 0 Å². The van der Waals surface area contributed by atoms with Crippen molar-refractivity contribution in [3.05, 3.63) is 95.6 Å². The van der Waals surface area contributed by atoms with Crippen molar-refractivity contribution in [1.82, 2.24) is 10.2 Å². The molecule has 3 aromatic carbocycles. The van der Waals surface area contributed by atoms with Gasteiger partial charge in [-0.2, -0.15) is 0 Å². The van der Waals surface area contributed by atoms with Gasteiger partial charge >= 0.3 is 0 Å². The maximum atomic E-state index is 12.4. The summed E-state index contributed by atoms with van der Waals surface area (Å²) < 4.78 is 0. The standard InChI is InChI=1S/C26H28N2O2/c29-25(19-28-17-15-21-8-4-5-9-24(21)18-28)14-16-27-26(30)23-12-10-22(11-13-23)20-6-2-1-3-7-20/h1-13,25,29H,14-19H2,(H,27,30). The van der Waals surface area contributed by atoms with Crippen LogP contribution in [0.1, 0.15) is 27.9 Å². The van der Waals surface area contributed by atoms with Crippen LogP contribution in [0.25, 0.3) is 11.1 Å². The molecule has 0 radical (unpaired) electrons. The molecule has 0 saturated heterocycles. The lowest BCUT2D eigenvalue weighted by molar-refractivity contribution is 0.0892. The molecule has 4 nitrogen and oxygen atoms in total. The summed E-state index contributed by atoms with van der Waals surface area (Å²) in [6, 6.07) is 26.2. The molecule has 1 aliphatic heterocycles. The summed E-state index contributed by atoms with van der Waals surface area (Å²) in [7, 11) is 0. The lowest BCUT2D eigenvalue weighted by Crippen LogP contribution is -2.38. The number of fused-ring (bicyclic) bond motifs is 1. The lowest BCUT2D eigenvalue weighted by Gasteiger charge is -2.30. The van der Waals surface area contributed by atoms with E-state index < -0.39 is 6.10 Å². The summed E-state index contributed by atoms with van der Waals surface area (Å²) in [5, 5.41) is 13.3. The van der Waals surface area contributed by atoms with Gasteiger partial charge in [-0.1, -0.05) is 66.7 Å². The van der Waals surface area contributed by atoms with Crippen LogP contribution < -0.4 is 5.32 Å². The van der Waals surface area contributed by atoms with E-state index in [1.807, 2.05) is 42.5 Å². The third kappa shape index (κ3) is 5.15. The number of amides is 1. The van der Waals surface area contributed by atoms with Gasteiger partial charge in [0, 0.05) is 31.7 Å². The predicted molar refractivity (Wildman–Crippen MR) is 120 cm³/mol. The second kappa shape index (κ2) is 9.70. The third-order valence-corrected chi connectivity index (χ3v) is 5.70. The highest BCUT2D eigenvalue weighted by Gasteiger charge is 2.18. The second-order valence-corrected chi connectivity index (χ2v) is 7.90. The minimum absolute atomic E-state index is 0.103. The Morgan fingerprint density at radius 2 is 1.57 bits per heavy atom. The first-order valence-corrected chi connectivity index (χ1v) is 10.6. The fraction of sp³-hybridized carbons (Fsp3) is 0.269. The molecular formula is C26H28N2O2. The highest BCUT2D eigenvalue weighted by atomic mass is 16.3. The lowest BCUT2D eigenvalue weighted by atomic mass is 9.99. The van der Waals surface area contributed by atoms with Crippen molar-refractivity contribution in [2.24, 2.45) is 0 Å². The van der Waals surface area contributed by atoms with Crippen LogP contribution in [0, 0.1) is 0 Å². The van der Waals surface area contributed by atoms with Gasteiger partial charge in [-0.05, 0) is 47.2 Å². The van der Waals surface area contributed by atoms with E-state index in [0.29, 0.717) is 25.1 Å². The summed E-state index contributed by atoms with van der Waals surface area (Å²) >= 11 is 0. The number of carbonyl (C=O) groups is 1. The monoisotopic (exact) mass is 400 g/mol. The van der Waals surface area contributed by atoms with Crippen molar-refractivity contribution in [2.45, 2.75) is 25.5 Å². The number of rotatable bonds is 7. The van der Waals surface area contributed by atoms with E-state index in [9.17, 15) is 9.90 Å². The minimum atomic E-state index is -0.448. The van der Waals surface area contributed by atoms with E-state index in [-0.39, 0.29) is 5.91 Å². The molecule has 0 aromatic heterocycles. The van der Waals surface area contributed by atoms with E-state index in [0.717, 1.165) is 30.6 Å². The predicted octanol–water partition coefficient (Wildman–Crippen LogP) is 3.89. The molecule has 0 spiro atoms. The van der Waals surface area contributed by atoms with Gasteiger partial charge in [-0.3, -0.25) is 9.69 Å².